The Kier molecular flexibility index (Phi) is 3.74. The normalized spacial score (nSPS) is 26.6. The molecule has 0 spiro atoms. The molecular formula is C11H13F3O5S. The molecule has 2 aliphatic rings. The molecule has 20 heavy (non-hydrogen) atoms. The molecule has 2 bridgehead atoms. The minimum Gasteiger partial charge on any atom is -0.466 e. The van der Waals surface area contributed by atoms with Crippen LogP contribution in [0.2, 0.25) is 0 Å². The van der Waals surface area contributed by atoms with Gasteiger partial charge >= 0.3 is 21.6 Å². The first-order chi connectivity index (χ1) is 9.15. The number of halogens is 3. The fourth-order valence-electron chi connectivity index (χ4n) is 2.77. The van der Waals surface area contributed by atoms with Crippen molar-refractivity contribution >= 4 is 16.1 Å². The summed E-state index contributed by atoms with van der Waals surface area (Å²) >= 11 is 0. The van der Waals surface area contributed by atoms with E-state index in [0.717, 1.165) is 13.5 Å². The topological polar surface area (TPSA) is 69.7 Å². The van der Waals surface area contributed by atoms with E-state index in [1.54, 1.807) is 0 Å². The average molecular weight is 314 g/mol. The number of hydrogen-bond donors (Lipinski definition) is 0. The Labute approximate surface area is 113 Å². The van der Waals surface area contributed by atoms with Gasteiger partial charge in [-0.15, -0.1) is 0 Å². The fraction of sp³-hybridized carbons (Fsp3) is 0.727. The molecule has 1 fully saturated rings. The maximum absolute atomic E-state index is 12.4. The molecule has 9 heteroatoms. The number of allylic oxidation sites excluding steroid dienone is 1. The highest BCUT2D eigenvalue weighted by atomic mass is 32.2. The Morgan fingerprint density at radius 2 is 1.95 bits per heavy atom. The maximum atomic E-state index is 12.4. The van der Waals surface area contributed by atoms with Crippen molar-refractivity contribution in [2.75, 3.05) is 7.11 Å². The molecular weight excluding hydrogens is 301 g/mol. The minimum atomic E-state index is -5.76. The van der Waals surface area contributed by atoms with E-state index in [9.17, 15) is 26.4 Å². The van der Waals surface area contributed by atoms with E-state index in [1.165, 1.54) is 0 Å². The summed E-state index contributed by atoms with van der Waals surface area (Å²) in [5, 5.41) is 0. The van der Waals surface area contributed by atoms with E-state index in [1.807, 2.05) is 0 Å². The second-order valence-electron chi connectivity index (χ2n) is 4.89. The van der Waals surface area contributed by atoms with Gasteiger partial charge in [0, 0.05) is 6.42 Å². The molecule has 0 aromatic carbocycles. The molecule has 0 N–H and O–H groups in total. The van der Waals surface area contributed by atoms with Crippen LogP contribution in [0.1, 0.15) is 25.7 Å². The summed E-state index contributed by atoms with van der Waals surface area (Å²) < 4.78 is 67.9. The highest BCUT2D eigenvalue weighted by molar-refractivity contribution is 7.87. The molecule has 0 saturated heterocycles. The number of fused-ring (bicyclic) bond motifs is 2. The molecule has 5 nitrogen and oxygen atoms in total. The van der Waals surface area contributed by atoms with Crippen molar-refractivity contribution in [1.29, 1.82) is 0 Å². The van der Waals surface area contributed by atoms with Gasteiger partial charge in [0.1, 0.15) is 5.76 Å². The number of rotatable bonds is 3. The van der Waals surface area contributed by atoms with E-state index >= 15 is 0 Å². The van der Waals surface area contributed by atoms with Crippen LogP contribution in [0.25, 0.3) is 0 Å². The Balaban J connectivity index is 2.38. The second-order valence-corrected chi connectivity index (χ2v) is 6.43. The SMILES string of the molecule is COC(=O)C1=C(OS(=O)(=O)C(F)(F)F)C[C@@H]2CC[C@H]1C2. The van der Waals surface area contributed by atoms with Crippen molar-refractivity contribution in [1.82, 2.24) is 0 Å². The summed E-state index contributed by atoms with van der Waals surface area (Å²) in [6, 6.07) is 0. The zero-order valence-electron chi connectivity index (χ0n) is 10.6. The van der Waals surface area contributed by atoms with E-state index < -0.39 is 27.4 Å². The lowest BCUT2D eigenvalue weighted by Gasteiger charge is -2.24. The Morgan fingerprint density at radius 1 is 1.30 bits per heavy atom. The number of methoxy groups -OCH3 is 1. The Bertz CT molecular complexity index is 549. The monoisotopic (exact) mass is 314 g/mol. The molecule has 0 aromatic heterocycles. The van der Waals surface area contributed by atoms with Gasteiger partial charge in [-0.3, -0.25) is 0 Å². The first-order valence-corrected chi connectivity index (χ1v) is 7.38. The van der Waals surface area contributed by atoms with Crippen LogP contribution >= 0.6 is 0 Å². The lowest BCUT2D eigenvalue weighted by atomic mass is 9.87. The van der Waals surface area contributed by atoms with Crippen LogP contribution in [0.5, 0.6) is 0 Å². The van der Waals surface area contributed by atoms with Crippen LogP contribution in [0.15, 0.2) is 11.3 Å². The molecule has 0 aliphatic heterocycles. The van der Waals surface area contributed by atoms with Gasteiger partial charge in [-0.1, -0.05) is 0 Å². The first kappa shape index (κ1) is 15.1. The number of hydrogen-bond acceptors (Lipinski definition) is 5. The first-order valence-electron chi connectivity index (χ1n) is 5.98. The van der Waals surface area contributed by atoms with E-state index in [2.05, 4.69) is 8.92 Å². The third-order valence-corrected chi connectivity index (χ3v) is 4.61. The molecule has 0 aromatic rings. The third-order valence-electron chi connectivity index (χ3n) is 3.62. The number of carbonyl (C=O) groups is 1. The lowest BCUT2D eigenvalue weighted by Crippen LogP contribution is -2.28. The maximum Gasteiger partial charge on any atom is 0.534 e. The predicted molar refractivity (Wildman–Crippen MR) is 60.5 cm³/mol. The zero-order chi connectivity index (χ0) is 15.1. The van der Waals surface area contributed by atoms with Crippen LogP contribution in [0.4, 0.5) is 13.2 Å². The van der Waals surface area contributed by atoms with Gasteiger partial charge in [-0.2, -0.15) is 21.6 Å². The van der Waals surface area contributed by atoms with E-state index in [-0.39, 0.29) is 23.8 Å². The summed E-state index contributed by atoms with van der Waals surface area (Å²) in [6.07, 6.45) is 2.00. The largest absolute Gasteiger partial charge is 0.534 e. The Morgan fingerprint density at radius 3 is 2.50 bits per heavy atom. The van der Waals surface area contributed by atoms with Crippen LogP contribution < -0.4 is 0 Å². The van der Waals surface area contributed by atoms with Crippen LogP contribution in [-0.4, -0.2) is 27.0 Å². The minimum absolute atomic E-state index is 0.0102. The second kappa shape index (κ2) is 4.94. The standard InChI is InChI=1S/C11H13F3O5S/c1-18-10(15)9-7-3-2-6(4-7)5-8(9)19-20(16,17)11(12,13)14/h6-7H,2-5H2,1H3/t6-,7+/m1/s1. The predicted octanol–water partition coefficient (Wildman–Crippen LogP) is 2.10. The van der Waals surface area contributed by atoms with Gasteiger partial charge in [0.15, 0.2) is 0 Å². The van der Waals surface area contributed by atoms with Crippen molar-refractivity contribution in [3.8, 4) is 0 Å². The van der Waals surface area contributed by atoms with Crippen molar-refractivity contribution in [2.45, 2.75) is 31.2 Å². The van der Waals surface area contributed by atoms with Gasteiger partial charge in [0.25, 0.3) is 0 Å². The highest BCUT2D eigenvalue weighted by Crippen LogP contribution is 2.46. The average Bonchev–Trinajstić information content (AvgIpc) is 2.69. The summed E-state index contributed by atoms with van der Waals surface area (Å²) in [5.74, 6) is -1.50. The molecule has 0 unspecified atom stereocenters. The molecule has 114 valence electrons. The smallest absolute Gasteiger partial charge is 0.466 e. The van der Waals surface area contributed by atoms with Crippen molar-refractivity contribution in [3.63, 3.8) is 0 Å². The fourth-order valence-corrected chi connectivity index (χ4v) is 3.29. The molecule has 2 rings (SSSR count). The summed E-state index contributed by atoms with van der Waals surface area (Å²) in [5.41, 5.74) is -5.59. The number of carbonyl (C=O) groups excluding carboxylic acids is 1. The van der Waals surface area contributed by atoms with E-state index in [0.29, 0.717) is 12.8 Å². The van der Waals surface area contributed by atoms with Gasteiger partial charge in [-0.05, 0) is 31.1 Å². The lowest BCUT2D eigenvalue weighted by molar-refractivity contribution is -0.137. The van der Waals surface area contributed by atoms with Crippen LogP contribution in [0.3, 0.4) is 0 Å². The van der Waals surface area contributed by atoms with Crippen molar-refractivity contribution < 1.29 is 35.3 Å². The molecule has 2 aliphatic carbocycles. The number of alkyl halides is 3. The van der Waals surface area contributed by atoms with Gasteiger partial charge < -0.3 is 8.92 Å². The van der Waals surface area contributed by atoms with Gasteiger partial charge in [0.2, 0.25) is 0 Å². The van der Waals surface area contributed by atoms with Crippen molar-refractivity contribution in [2.24, 2.45) is 11.8 Å². The van der Waals surface area contributed by atoms with Gasteiger partial charge in [0.05, 0.1) is 12.7 Å². The quantitative estimate of drug-likeness (QED) is 0.453. The molecule has 2 atom stereocenters. The van der Waals surface area contributed by atoms with E-state index in [4.69, 9.17) is 0 Å². The van der Waals surface area contributed by atoms with Gasteiger partial charge in [-0.25, -0.2) is 4.79 Å². The summed E-state index contributed by atoms with van der Waals surface area (Å²) in [6.45, 7) is 0. The number of esters is 1. The molecule has 0 radical (unpaired) electrons. The molecule has 0 heterocycles. The molecule has 1 saturated carbocycles. The summed E-state index contributed by atoms with van der Waals surface area (Å²) in [4.78, 5) is 11.7. The summed E-state index contributed by atoms with van der Waals surface area (Å²) in [7, 11) is -4.67. The van der Waals surface area contributed by atoms with Crippen molar-refractivity contribution in [3.05, 3.63) is 11.3 Å². The zero-order valence-corrected chi connectivity index (χ0v) is 11.4. The molecule has 0 amide bonds. The van der Waals surface area contributed by atoms with Crippen LogP contribution in [0, 0.1) is 11.8 Å². The Hall–Kier alpha value is -1.25. The number of ether oxygens (including phenoxy) is 1. The van der Waals surface area contributed by atoms with Crippen LogP contribution in [-0.2, 0) is 23.8 Å². The third kappa shape index (κ3) is 2.63. The highest BCUT2D eigenvalue weighted by Gasteiger charge is 2.50.